The van der Waals surface area contributed by atoms with Crippen LogP contribution in [-0.4, -0.2) is 53.2 Å². The van der Waals surface area contributed by atoms with Crippen molar-refractivity contribution in [3.05, 3.63) is 65.6 Å². The molecule has 6 rings (SSSR count). The molecule has 2 aromatic heterocycles. The molecule has 9 heteroatoms. The zero-order chi connectivity index (χ0) is 22.2. The third-order valence-electron chi connectivity index (χ3n) is 6.65. The maximum absolute atomic E-state index is 12.2. The quantitative estimate of drug-likeness (QED) is 0.322. The van der Waals surface area contributed by atoms with Crippen molar-refractivity contribution in [3.8, 4) is 5.75 Å². The summed E-state index contributed by atoms with van der Waals surface area (Å²) in [5, 5.41) is 43.2. The number of hydrogen-bond donors (Lipinski definition) is 5. The van der Waals surface area contributed by atoms with E-state index >= 15 is 0 Å². The van der Waals surface area contributed by atoms with E-state index in [4.69, 9.17) is 4.74 Å². The maximum Gasteiger partial charge on any atom is 0.364 e. The number of aromatic hydroxyl groups is 1. The van der Waals surface area contributed by atoms with E-state index in [0.29, 0.717) is 22.3 Å². The number of carboxylic acid groups (broad SMARTS) is 1. The second-order valence-electron chi connectivity index (χ2n) is 8.36. The predicted octanol–water partition coefficient (Wildman–Crippen LogP) is 1.98. The molecule has 0 bridgehead atoms. The minimum absolute atomic E-state index is 0.0349. The van der Waals surface area contributed by atoms with Crippen molar-refractivity contribution in [1.29, 1.82) is 0 Å². The first-order chi connectivity index (χ1) is 15.4. The number of aliphatic hydroxyl groups excluding tert-OH is 1. The molecule has 4 aromatic rings. The zero-order valence-electron chi connectivity index (χ0n) is 16.6. The number of hydrogen-bond acceptors (Lipinski definition) is 7. The van der Waals surface area contributed by atoms with Crippen molar-refractivity contribution >= 4 is 27.9 Å². The number of aliphatic hydroxyl groups is 2. The van der Waals surface area contributed by atoms with Gasteiger partial charge in [0.2, 0.25) is 0 Å². The van der Waals surface area contributed by atoms with Crippen LogP contribution in [0.5, 0.6) is 5.75 Å². The molecule has 1 saturated heterocycles. The summed E-state index contributed by atoms with van der Waals surface area (Å²) in [7, 11) is 0. The lowest BCUT2D eigenvalue weighted by Gasteiger charge is -2.31. The topological polar surface area (TPSA) is 149 Å². The van der Waals surface area contributed by atoms with Crippen molar-refractivity contribution in [3.63, 3.8) is 0 Å². The van der Waals surface area contributed by atoms with Crippen LogP contribution in [0.4, 0.5) is 0 Å². The fraction of sp³-hybridized carbons (Fsp3) is 0.261. The fourth-order valence-corrected chi connectivity index (χ4v) is 5.23. The Hall–Kier alpha value is -3.53. The smallest absolute Gasteiger partial charge is 0.364 e. The highest BCUT2D eigenvalue weighted by Crippen LogP contribution is 2.54. The number of aromatic amines is 1. The number of aliphatic carboxylic acids is 1. The third-order valence-corrected chi connectivity index (χ3v) is 6.65. The predicted molar refractivity (Wildman–Crippen MR) is 112 cm³/mol. The van der Waals surface area contributed by atoms with E-state index in [0.717, 1.165) is 10.9 Å². The molecule has 1 aliphatic carbocycles. The molecular weight excluding hydrogens is 414 g/mol. The molecule has 0 saturated carbocycles. The Balaban J connectivity index is 1.54. The molecule has 162 valence electrons. The number of rotatable bonds is 2. The lowest BCUT2D eigenvalue weighted by atomic mass is 9.73. The number of ether oxygens (including phenoxy) is 1. The normalized spacial score (nSPS) is 29.2. The van der Waals surface area contributed by atoms with Gasteiger partial charge in [0.1, 0.15) is 17.4 Å². The van der Waals surface area contributed by atoms with E-state index < -0.39 is 35.8 Å². The van der Waals surface area contributed by atoms with Crippen LogP contribution in [0.1, 0.15) is 29.0 Å². The number of phenols is 1. The zero-order valence-corrected chi connectivity index (χ0v) is 16.6. The van der Waals surface area contributed by atoms with Crippen molar-refractivity contribution in [2.45, 2.75) is 30.3 Å². The second-order valence-corrected chi connectivity index (χ2v) is 8.36. The maximum atomic E-state index is 12.2. The van der Waals surface area contributed by atoms with Gasteiger partial charge >= 0.3 is 5.97 Å². The highest BCUT2D eigenvalue weighted by atomic mass is 16.7. The summed E-state index contributed by atoms with van der Waals surface area (Å²) in [6.07, 6.45) is -0.390. The van der Waals surface area contributed by atoms with Crippen molar-refractivity contribution < 1.29 is 30.0 Å². The molecule has 0 spiro atoms. The van der Waals surface area contributed by atoms with Crippen LogP contribution < -0.4 is 0 Å². The summed E-state index contributed by atoms with van der Waals surface area (Å²) >= 11 is 0. The van der Waals surface area contributed by atoms with Gasteiger partial charge in [-0.05, 0) is 30.2 Å². The summed E-state index contributed by atoms with van der Waals surface area (Å²) in [5.74, 6) is -5.65. The van der Waals surface area contributed by atoms with E-state index in [-0.39, 0.29) is 17.9 Å². The molecule has 1 aliphatic heterocycles. The van der Waals surface area contributed by atoms with Gasteiger partial charge in [-0.2, -0.15) is 0 Å². The summed E-state index contributed by atoms with van der Waals surface area (Å²) < 4.78 is 5.68. The minimum atomic E-state index is -2.54. The highest BCUT2D eigenvalue weighted by molar-refractivity contribution is 5.86. The minimum Gasteiger partial charge on any atom is -0.506 e. The number of phenolic OH excluding ortho intramolecular Hbond substituents is 1. The van der Waals surface area contributed by atoms with Gasteiger partial charge in [-0.3, -0.25) is 0 Å². The van der Waals surface area contributed by atoms with Crippen molar-refractivity contribution in [2.75, 3.05) is 0 Å². The summed E-state index contributed by atoms with van der Waals surface area (Å²) in [4.78, 5) is 24.3. The van der Waals surface area contributed by atoms with Gasteiger partial charge in [0, 0.05) is 23.0 Å². The number of fused-ring (bicyclic) bond motifs is 4. The van der Waals surface area contributed by atoms with E-state index in [9.17, 15) is 25.2 Å². The number of aromatic nitrogens is 3. The first-order valence-corrected chi connectivity index (χ1v) is 10.2. The number of carbonyl (C=O) groups is 1. The summed E-state index contributed by atoms with van der Waals surface area (Å²) in [6, 6.07) is 12.2. The molecule has 5 N–H and O–H groups in total. The average molecular weight is 433 g/mol. The highest BCUT2D eigenvalue weighted by Gasteiger charge is 2.63. The molecule has 3 heterocycles. The molecule has 2 aromatic carbocycles. The number of H-pyrrole nitrogens is 1. The van der Waals surface area contributed by atoms with Crippen LogP contribution in [0.2, 0.25) is 0 Å². The molecule has 1 fully saturated rings. The molecule has 0 radical (unpaired) electrons. The van der Waals surface area contributed by atoms with Gasteiger partial charge in [-0.1, -0.05) is 24.3 Å². The third kappa shape index (κ3) is 2.46. The van der Waals surface area contributed by atoms with E-state index in [1.165, 1.54) is 6.07 Å². The molecule has 0 amide bonds. The number of nitrogens with zero attached hydrogens (tertiary/aromatic N) is 2. The molecule has 32 heavy (non-hydrogen) atoms. The van der Waals surface area contributed by atoms with E-state index in [2.05, 4.69) is 15.0 Å². The van der Waals surface area contributed by atoms with Crippen LogP contribution in [0, 0.1) is 5.92 Å². The standard InChI is InChI=1S/C23H19N3O6/c27-16-7-3-6-14-18(16)26-15-8-11-17(12-9-24-13-5-2-1-4-10(12)13)23(31,22(29)30)32-21(11)20(28)19(15)25-14/h1-7,9,11,17,20-21,24,27-28,31H,8H2,(H,29,30)/t11-,17-,20+,21+,23?/m0/s1. The van der Waals surface area contributed by atoms with Gasteiger partial charge in [-0.25, -0.2) is 14.8 Å². The first kappa shape index (κ1) is 19.2. The van der Waals surface area contributed by atoms with Crippen LogP contribution in [0.25, 0.3) is 21.9 Å². The lowest BCUT2D eigenvalue weighted by Crippen LogP contribution is -2.43. The first-order valence-electron chi connectivity index (χ1n) is 10.2. The molecule has 9 nitrogen and oxygen atoms in total. The average Bonchev–Trinajstić information content (AvgIpc) is 3.32. The number of para-hydroxylation sites is 2. The molecule has 1 unspecified atom stereocenters. The molecular formula is C23H19N3O6. The Morgan fingerprint density at radius 3 is 2.78 bits per heavy atom. The van der Waals surface area contributed by atoms with Gasteiger partial charge in [0.15, 0.2) is 0 Å². The number of carboxylic acids is 1. The molecule has 5 atom stereocenters. The second kappa shape index (κ2) is 6.49. The Kier molecular flexibility index (Phi) is 3.89. The van der Waals surface area contributed by atoms with E-state index in [1.54, 1.807) is 18.3 Å². The van der Waals surface area contributed by atoms with Gasteiger partial charge in [-0.15, -0.1) is 0 Å². The molecule has 2 aliphatic rings. The van der Waals surface area contributed by atoms with E-state index in [1.807, 2.05) is 24.3 Å². The number of benzene rings is 2. The van der Waals surface area contributed by atoms with Gasteiger partial charge in [0.25, 0.3) is 5.79 Å². The van der Waals surface area contributed by atoms with Crippen LogP contribution >= 0.6 is 0 Å². The van der Waals surface area contributed by atoms with Crippen molar-refractivity contribution in [2.24, 2.45) is 5.92 Å². The van der Waals surface area contributed by atoms with Crippen LogP contribution in [0.15, 0.2) is 48.7 Å². The monoisotopic (exact) mass is 433 g/mol. The fourth-order valence-electron chi connectivity index (χ4n) is 5.23. The van der Waals surface area contributed by atoms with Crippen molar-refractivity contribution in [1.82, 2.24) is 15.0 Å². The lowest BCUT2D eigenvalue weighted by molar-refractivity contribution is -0.229. The SMILES string of the molecule is O=C(O)C1(O)O[C@@H]2[C@@H](Cc3nc4c(O)cccc4nc3[C@H]2O)[C@H]1c1c[nH]c2ccccc12. The summed E-state index contributed by atoms with van der Waals surface area (Å²) in [6.45, 7) is 0. The van der Waals surface area contributed by atoms with Gasteiger partial charge in [0.05, 0.1) is 28.9 Å². The Labute approximate surface area is 180 Å². The Morgan fingerprint density at radius 2 is 1.97 bits per heavy atom. The van der Waals surface area contributed by atoms with Crippen LogP contribution in [0.3, 0.4) is 0 Å². The van der Waals surface area contributed by atoms with Crippen LogP contribution in [-0.2, 0) is 16.0 Å². The summed E-state index contributed by atoms with van der Waals surface area (Å²) in [5.41, 5.74) is 2.79. The Morgan fingerprint density at radius 1 is 1.16 bits per heavy atom. The van der Waals surface area contributed by atoms with Gasteiger partial charge < -0.3 is 30.1 Å². The largest absolute Gasteiger partial charge is 0.506 e. The number of nitrogens with one attached hydrogen (secondary N) is 1. The Bertz CT molecular complexity index is 1400.